The highest BCUT2D eigenvalue weighted by molar-refractivity contribution is 5.68. The Bertz CT molecular complexity index is 524. The highest BCUT2D eigenvalue weighted by atomic mass is 19.1. The van der Waals surface area contributed by atoms with Crippen molar-refractivity contribution in [3.63, 3.8) is 0 Å². The van der Waals surface area contributed by atoms with Gasteiger partial charge in [-0.05, 0) is 45.7 Å². The number of anilines is 1. The molecule has 1 aromatic heterocycles. The molecule has 0 aliphatic heterocycles. The molecule has 0 spiro atoms. The Morgan fingerprint density at radius 1 is 1.57 bits per heavy atom. The number of aromatic nitrogens is 1. The molecular formula is C15H22FN3O2. The van der Waals surface area contributed by atoms with Gasteiger partial charge in [0.05, 0.1) is 0 Å². The molecule has 6 heteroatoms. The van der Waals surface area contributed by atoms with Gasteiger partial charge in [-0.25, -0.2) is 14.2 Å². The number of amides is 1. The number of nitrogens with zero attached hydrogens (tertiary/aromatic N) is 1. The molecule has 0 aliphatic rings. The largest absolute Gasteiger partial charge is 0.444 e. The summed E-state index contributed by atoms with van der Waals surface area (Å²) in [7, 11) is 0. The molecule has 0 aromatic carbocycles. The molecule has 0 aliphatic carbocycles. The number of nitrogens with two attached hydrogens (primary N) is 1. The number of nitrogens with one attached hydrogen (secondary N) is 1. The fraction of sp³-hybridized carbons (Fsp3) is 0.467. The lowest BCUT2D eigenvalue weighted by Crippen LogP contribution is -2.37. The summed E-state index contributed by atoms with van der Waals surface area (Å²) in [4.78, 5) is 15.3. The molecule has 1 heterocycles. The molecule has 0 saturated heterocycles. The van der Waals surface area contributed by atoms with Crippen LogP contribution in [0.5, 0.6) is 0 Å². The SMILES string of the molecule is C[C@@H](C/C=C/c1cnc(N)c(F)c1)NC(=O)OC(C)(C)C. The number of hydrogen-bond acceptors (Lipinski definition) is 4. The molecule has 1 rings (SSSR count). The molecule has 21 heavy (non-hydrogen) atoms. The summed E-state index contributed by atoms with van der Waals surface area (Å²) in [6.45, 7) is 7.27. The number of ether oxygens (including phenoxy) is 1. The molecule has 0 radical (unpaired) electrons. The number of alkyl carbamates (subject to hydrolysis) is 1. The summed E-state index contributed by atoms with van der Waals surface area (Å²) >= 11 is 0. The van der Waals surface area contributed by atoms with E-state index in [9.17, 15) is 9.18 Å². The minimum Gasteiger partial charge on any atom is -0.444 e. The van der Waals surface area contributed by atoms with Crippen molar-refractivity contribution in [2.75, 3.05) is 5.73 Å². The first-order valence-corrected chi connectivity index (χ1v) is 6.74. The molecule has 0 fully saturated rings. The number of nitrogen functional groups attached to an aromatic ring is 1. The maximum atomic E-state index is 13.2. The lowest BCUT2D eigenvalue weighted by Gasteiger charge is -2.21. The van der Waals surface area contributed by atoms with Crippen molar-refractivity contribution in [1.82, 2.24) is 10.3 Å². The minimum atomic E-state index is -0.544. The minimum absolute atomic E-state index is 0.0947. The van der Waals surface area contributed by atoms with Gasteiger partial charge in [0.2, 0.25) is 0 Å². The number of halogens is 1. The van der Waals surface area contributed by atoms with Crippen molar-refractivity contribution in [3.8, 4) is 0 Å². The topological polar surface area (TPSA) is 77.2 Å². The van der Waals surface area contributed by atoms with E-state index in [0.29, 0.717) is 12.0 Å². The van der Waals surface area contributed by atoms with Crippen LogP contribution in [0, 0.1) is 5.82 Å². The second kappa shape index (κ2) is 7.06. The van der Waals surface area contributed by atoms with Crippen LogP contribution in [-0.2, 0) is 4.74 Å². The highest BCUT2D eigenvalue weighted by Crippen LogP contribution is 2.11. The van der Waals surface area contributed by atoms with E-state index in [-0.39, 0.29) is 11.9 Å². The van der Waals surface area contributed by atoms with Crippen LogP contribution in [0.15, 0.2) is 18.3 Å². The monoisotopic (exact) mass is 295 g/mol. The van der Waals surface area contributed by atoms with E-state index >= 15 is 0 Å². The third-order valence-corrected chi connectivity index (χ3v) is 2.45. The molecule has 1 aromatic rings. The van der Waals surface area contributed by atoms with Gasteiger partial charge in [-0.2, -0.15) is 0 Å². The van der Waals surface area contributed by atoms with E-state index in [1.165, 1.54) is 12.3 Å². The maximum absolute atomic E-state index is 13.2. The number of rotatable bonds is 4. The zero-order chi connectivity index (χ0) is 16.0. The zero-order valence-electron chi connectivity index (χ0n) is 12.8. The molecule has 1 amide bonds. The summed E-state index contributed by atoms with van der Waals surface area (Å²) < 4.78 is 18.4. The number of carbonyl (C=O) groups is 1. The van der Waals surface area contributed by atoms with Crippen molar-refractivity contribution in [2.24, 2.45) is 0 Å². The summed E-state index contributed by atoms with van der Waals surface area (Å²) in [5, 5.41) is 2.72. The van der Waals surface area contributed by atoms with Crippen LogP contribution in [0.4, 0.5) is 15.0 Å². The van der Waals surface area contributed by atoms with Crippen molar-refractivity contribution >= 4 is 18.0 Å². The van der Waals surface area contributed by atoms with E-state index in [2.05, 4.69) is 10.3 Å². The smallest absolute Gasteiger partial charge is 0.407 e. The van der Waals surface area contributed by atoms with Gasteiger partial charge in [-0.15, -0.1) is 0 Å². The van der Waals surface area contributed by atoms with Crippen LogP contribution in [0.25, 0.3) is 6.08 Å². The number of carbonyl (C=O) groups excluding carboxylic acids is 1. The van der Waals surface area contributed by atoms with E-state index < -0.39 is 17.5 Å². The van der Waals surface area contributed by atoms with Gasteiger partial charge in [-0.1, -0.05) is 12.2 Å². The average Bonchev–Trinajstić information content (AvgIpc) is 2.31. The third-order valence-electron chi connectivity index (χ3n) is 2.45. The predicted octanol–water partition coefficient (Wildman–Crippen LogP) is 3.12. The van der Waals surface area contributed by atoms with E-state index in [0.717, 1.165) is 0 Å². The highest BCUT2D eigenvalue weighted by Gasteiger charge is 2.17. The molecular weight excluding hydrogens is 273 g/mol. The molecule has 5 nitrogen and oxygen atoms in total. The van der Waals surface area contributed by atoms with Crippen LogP contribution >= 0.6 is 0 Å². The average molecular weight is 295 g/mol. The fourth-order valence-corrected chi connectivity index (χ4v) is 1.53. The second-order valence-electron chi connectivity index (χ2n) is 5.82. The first kappa shape index (κ1) is 16.9. The van der Waals surface area contributed by atoms with Gasteiger partial charge >= 0.3 is 6.09 Å². The molecule has 0 bridgehead atoms. The van der Waals surface area contributed by atoms with Gasteiger partial charge in [0.25, 0.3) is 0 Å². The van der Waals surface area contributed by atoms with E-state index in [4.69, 9.17) is 10.5 Å². The quantitative estimate of drug-likeness (QED) is 0.894. The third kappa shape index (κ3) is 6.74. The molecule has 3 N–H and O–H groups in total. The summed E-state index contributed by atoms with van der Waals surface area (Å²) in [5.41, 5.74) is 5.39. The van der Waals surface area contributed by atoms with E-state index in [1.54, 1.807) is 26.8 Å². The first-order chi connectivity index (χ1) is 9.67. The Morgan fingerprint density at radius 3 is 2.81 bits per heavy atom. The molecule has 0 unspecified atom stereocenters. The van der Waals surface area contributed by atoms with Crippen molar-refractivity contribution in [1.29, 1.82) is 0 Å². The van der Waals surface area contributed by atoms with E-state index in [1.807, 2.05) is 13.0 Å². The lowest BCUT2D eigenvalue weighted by atomic mass is 10.2. The number of hydrogen-bond donors (Lipinski definition) is 2. The van der Waals surface area contributed by atoms with Crippen LogP contribution in [0.1, 0.15) is 39.7 Å². The molecule has 1 atom stereocenters. The lowest BCUT2D eigenvalue weighted by molar-refractivity contribution is 0.0509. The number of pyridine rings is 1. The van der Waals surface area contributed by atoms with Crippen molar-refractivity contribution in [2.45, 2.75) is 45.8 Å². The maximum Gasteiger partial charge on any atom is 0.407 e. The Kier molecular flexibility index (Phi) is 5.69. The van der Waals surface area contributed by atoms with Gasteiger partial charge < -0.3 is 15.8 Å². The summed E-state index contributed by atoms with van der Waals surface area (Å²) in [5.74, 6) is -0.663. The first-order valence-electron chi connectivity index (χ1n) is 6.74. The van der Waals surface area contributed by atoms with Gasteiger partial charge in [0, 0.05) is 12.2 Å². The van der Waals surface area contributed by atoms with Gasteiger partial charge in [0.15, 0.2) is 11.6 Å². The van der Waals surface area contributed by atoms with Crippen LogP contribution in [0.2, 0.25) is 0 Å². The fourth-order valence-electron chi connectivity index (χ4n) is 1.53. The predicted molar refractivity (Wildman–Crippen MR) is 81.1 cm³/mol. The Labute approximate surface area is 124 Å². The second-order valence-corrected chi connectivity index (χ2v) is 5.82. The van der Waals surface area contributed by atoms with Gasteiger partial charge in [-0.3, -0.25) is 0 Å². The summed E-state index contributed by atoms with van der Waals surface area (Å²) in [6.07, 6.45) is 5.17. The van der Waals surface area contributed by atoms with Crippen LogP contribution < -0.4 is 11.1 Å². The summed E-state index contributed by atoms with van der Waals surface area (Å²) in [6, 6.07) is 1.22. The van der Waals surface area contributed by atoms with Gasteiger partial charge in [0.1, 0.15) is 5.60 Å². The van der Waals surface area contributed by atoms with Crippen molar-refractivity contribution in [3.05, 3.63) is 29.7 Å². The van der Waals surface area contributed by atoms with Crippen LogP contribution in [0.3, 0.4) is 0 Å². The zero-order valence-corrected chi connectivity index (χ0v) is 12.8. The molecule has 0 saturated carbocycles. The standard InChI is InChI=1S/C15H22FN3O2/c1-10(19-14(20)21-15(2,3)4)6-5-7-11-8-12(16)13(17)18-9-11/h5,7-10H,6H2,1-4H3,(H2,17,18)(H,19,20)/b7-5+/t10-/m0/s1. The Balaban J connectivity index is 2.45. The van der Waals surface area contributed by atoms with Crippen molar-refractivity contribution < 1.29 is 13.9 Å². The Hall–Kier alpha value is -2.11. The molecule has 116 valence electrons. The Morgan fingerprint density at radius 2 is 2.24 bits per heavy atom. The normalized spacial score (nSPS) is 13.2. The van der Waals surface area contributed by atoms with Crippen LogP contribution in [-0.4, -0.2) is 22.7 Å².